The molecule has 5 heteroatoms. The molecule has 0 fully saturated rings. The zero-order valence-corrected chi connectivity index (χ0v) is 12.6. The summed E-state index contributed by atoms with van der Waals surface area (Å²) in [5, 5.41) is 4.00. The SMILES string of the molecule is COC(=O)c1ccc(C(=O)/C=C2\Nc3ccccc3S2)cc1. The van der Waals surface area contributed by atoms with Gasteiger partial charge in [-0.15, -0.1) is 0 Å². The van der Waals surface area contributed by atoms with Gasteiger partial charge in [0.05, 0.1) is 23.4 Å². The van der Waals surface area contributed by atoms with Crippen molar-refractivity contribution in [3.63, 3.8) is 0 Å². The van der Waals surface area contributed by atoms with E-state index < -0.39 is 5.97 Å². The Kier molecular flexibility index (Phi) is 3.98. The van der Waals surface area contributed by atoms with E-state index in [1.54, 1.807) is 30.3 Å². The fourth-order valence-electron chi connectivity index (χ4n) is 2.09. The minimum Gasteiger partial charge on any atom is -0.465 e. The predicted molar refractivity (Wildman–Crippen MR) is 86.1 cm³/mol. The van der Waals surface area contributed by atoms with E-state index in [1.807, 2.05) is 24.3 Å². The van der Waals surface area contributed by atoms with Crippen LogP contribution in [0.4, 0.5) is 5.69 Å². The van der Waals surface area contributed by atoms with Crippen molar-refractivity contribution in [2.75, 3.05) is 12.4 Å². The number of hydrogen-bond acceptors (Lipinski definition) is 5. The zero-order valence-electron chi connectivity index (χ0n) is 11.8. The standard InChI is InChI=1S/C17H13NO3S/c1-21-17(20)12-8-6-11(7-9-12)14(19)10-16-18-13-4-2-3-5-15(13)22-16/h2-10,18H,1H3/b16-10+. The highest BCUT2D eigenvalue weighted by atomic mass is 32.2. The Hall–Kier alpha value is -2.53. The third kappa shape index (κ3) is 2.89. The Morgan fingerprint density at radius 2 is 1.73 bits per heavy atom. The summed E-state index contributed by atoms with van der Waals surface area (Å²) in [6, 6.07) is 14.3. The molecule has 4 nitrogen and oxygen atoms in total. The zero-order chi connectivity index (χ0) is 15.5. The molecular formula is C17H13NO3S. The van der Waals surface area contributed by atoms with Crippen molar-refractivity contribution in [1.82, 2.24) is 0 Å². The highest BCUT2D eigenvalue weighted by Gasteiger charge is 2.16. The maximum atomic E-state index is 12.3. The quantitative estimate of drug-likeness (QED) is 0.532. The number of carbonyl (C=O) groups excluding carboxylic acids is 2. The molecule has 0 radical (unpaired) electrons. The normalized spacial score (nSPS) is 14.3. The highest BCUT2D eigenvalue weighted by molar-refractivity contribution is 8.03. The Labute approximate surface area is 132 Å². The fraction of sp³-hybridized carbons (Fsp3) is 0.0588. The third-order valence-corrected chi connectivity index (χ3v) is 4.23. The molecule has 3 rings (SSSR count). The number of allylic oxidation sites excluding steroid dienone is 1. The van der Waals surface area contributed by atoms with E-state index in [2.05, 4.69) is 10.1 Å². The van der Waals surface area contributed by atoms with Crippen molar-refractivity contribution in [3.05, 3.63) is 70.8 Å². The number of thioether (sulfide) groups is 1. The molecule has 110 valence electrons. The molecule has 22 heavy (non-hydrogen) atoms. The number of methoxy groups -OCH3 is 1. The number of para-hydroxylation sites is 1. The maximum Gasteiger partial charge on any atom is 0.337 e. The van der Waals surface area contributed by atoms with Gasteiger partial charge in [0.2, 0.25) is 0 Å². The molecule has 2 aromatic rings. The molecule has 0 aromatic heterocycles. The lowest BCUT2D eigenvalue weighted by molar-refractivity contribution is 0.0600. The Bertz CT molecular complexity index is 739. The summed E-state index contributed by atoms with van der Waals surface area (Å²) in [6.45, 7) is 0. The second-order valence-electron chi connectivity index (χ2n) is 4.66. The van der Waals surface area contributed by atoms with E-state index in [0.717, 1.165) is 15.6 Å². The first-order chi connectivity index (χ1) is 10.7. The summed E-state index contributed by atoms with van der Waals surface area (Å²) in [6.07, 6.45) is 1.57. The van der Waals surface area contributed by atoms with Gasteiger partial charge in [0.25, 0.3) is 0 Å². The average molecular weight is 311 g/mol. The number of rotatable bonds is 3. The lowest BCUT2D eigenvalue weighted by Crippen LogP contribution is -2.03. The molecule has 1 N–H and O–H groups in total. The number of esters is 1. The van der Waals surface area contributed by atoms with Gasteiger partial charge in [-0.05, 0) is 24.3 Å². The topological polar surface area (TPSA) is 55.4 Å². The van der Waals surface area contributed by atoms with Crippen LogP contribution in [0.3, 0.4) is 0 Å². The van der Waals surface area contributed by atoms with Crippen molar-refractivity contribution in [2.45, 2.75) is 4.90 Å². The Morgan fingerprint density at radius 1 is 1.05 bits per heavy atom. The molecule has 0 unspecified atom stereocenters. The number of fused-ring (bicyclic) bond motifs is 1. The van der Waals surface area contributed by atoms with Crippen LogP contribution in [0.15, 0.2) is 64.5 Å². The summed E-state index contributed by atoms with van der Waals surface area (Å²) >= 11 is 1.53. The number of ketones is 1. The first-order valence-corrected chi connectivity index (χ1v) is 7.47. The monoisotopic (exact) mass is 311 g/mol. The van der Waals surface area contributed by atoms with Gasteiger partial charge in [0.1, 0.15) is 0 Å². The van der Waals surface area contributed by atoms with E-state index in [-0.39, 0.29) is 5.78 Å². The highest BCUT2D eigenvalue weighted by Crippen LogP contribution is 2.40. The summed E-state index contributed by atoms with van der Waals surface area (Å²) in [7, 11) is 1.33. The van der Waals surface area contributed by atoms with Gasteiger partial charge >= 0.3 is 5.97 Å². The number of anilines is 1. The molecular weight excluding hydrogens is 298 g/mol. The van der Waals surface area contributed by atoms with Crippen LogP contribution in [0.25, 0.3) is 0 Å². The van der Waals surface area contributed by atoms with Crippen LogP contribution in [-0.2, 0) is 4.74 Å². The Balaban J connectivity index is 1.76. The molecule has 0 bridgehead atoms. The molecule has 1 aliphatic rings. The van der Waals surface area contributed by atoms with Crippen molar-refractivity contribution >= 4 is 29.2 Å². The fourth-order valence-corrected chi connectivity index (χ4v) is 3.03. The van der Waals surface area contributed by atoms with E-state index in [4.69, 9.17) is 0 Å². The number of hydrogen-bond donors (Lipinski definition) is 1. The largest absolute Gasteiger partial charge is 0.465 e. The number of ether oxygens (including phenoxy) is 1. The molecule has 0 spiro atoms. The number of nitrogens with one attached hydrogen (secondary N) is 1. The number of carbonyl (C=O) groups is 2. The molecule has 0 saturated heterocycles. The van der Waals surface area contributed by atoms with Crippen LogP contribution >= 0.6 is 11.8 Å². The van der Waals surface area contributed by atoms with Crippen molar-refractivity contribution in [2.24, 2.45) is 0 Å². The van der Waals surface area contributed by atoms with Crippen LogP contribution in [0.1, 0.15) is 20.7 Å². The molecule has 1 aliphatic heterocycles. The van der Waals surface area contributed by atoms with E-state index >= 15 is 0 Å². The average Bonchev–Trinajstić information content (AvgIpc) is 2.96. The van der Waals surface area contributed by atoms with Gasteiger partial charge in [0, 0.05) is 16.5 Å². The minimum absolute atomic E-state index is 0.112. The Morgan fingerprint density at radius 3 is 2.41 bits per heavy atom. The summed E-state index contributed by atoms with van der Waals surface area (Å²) in [5.41, 5.74) is 1.96. The molecule has 0 atom stereocenters. The third-order valence-electron chi connectivity index (χ3n) is 3.22. The summed E-state index contributed by atoms with van der Waals surface area (Å²) in [5.74, 6) is -0.528. The second kappa shape index (κ2) is 6.07. The summed E-state index contributed by atoms with van der Waals surface area (Å²) in [4.78, 5) is 24.7. The van der Waals surface area contributed by atoms with Crippen LogP contribution in [0.2, 0.25) is 0 Å². The van der Waals surface area contributed by atoms with Crippen molar-refractivity contribution < 1.29 is 14.3 Å². The maximum absolute atomic E-state index is 12.3. The van der Waals surface area contributed by atoms with E-state index in [9.17, 15) is 9.59 Å². The summed E-state index contributed by atoms with van der Waals surface area (Å²) < 4.78 is 4.63. The van der Waals surface area contributed by atoms with E-state index in [1.165, 1.54) is 18.9 Å². The second-order valence-corrected chi connectivity index (χ2v) is 5.75. The lowest BCUT2D eigenvalue weighted by atomic mass is 10.1. The van der Waals surface area contributed by atoms with Crippen LogP contribution in [-0.4, -0.2) is 18.9 Å². The first-order valence-electron chi connectivity index (χ1n) is 6.65. The van der Waals surface area contributed by atoms with Crippen molar-refractivity contribution in [3.8, 4) is 0 Å². The first kappa shape index (κ1) is 14.4. The van der Waals surface area contributed by atoms with Gasteiger partial charge in [-0.1, -0.05) is 36.0 Å². The molecule has 2 aromatic carbocycles. The van der Waals surface area contributed by atoms with Gasteiger partial charge in [-0.25, -0.2) is 4.79 Å². The van der Waals surface area contributed by atoms with Gasteiger partial charge in [0.15, 0.2) is 5.78 Å². The van der Waals surface area contributed by atoms with Crippen LogP contribution in [0, 0.1) is 0 Å². The molecule has 1 heterocycles. The predicted octanol–water partition coefficient (Wildman–Crippen LogP) is 3.72. The van der Waals surface area contributed by atoms with Gasteiger partial charge in [-0.3, -0.25) is 4.79 Å². The van der Waals surface area contributed by atoms with Crippen LogP contribution < -0.4 is 5.32 Å². The molecule has 0 amide bonds. The smallest absolute Gasteiger partial charge is 0.337 e. The lowest BCUT2D eigenvalue weighted by Gasteiger charge is -2.01. The number of benzene rings is 2. The van der Waals surface area contributed by atoms with Crippen LogP contribution in [0.5, 0.6) is 0 Å². The molecule has 0 saturated carbocycles. The van der Waals surface area contributed by atoms with Gasteiger partial charge in [-0.2, -0.15) is 0 Å². The van der Waals surface area contributed by atoms with Crippen molar-refractivity contribution in [1.29, 1.82) is 0 Å². The van der Waals surface area contributed by atoms with Gasteiger partial charge < -0.3 is 10.1 Å². The van der Waals surface area contributed by atoms with E-state index in [0.29, 0.717) is 11.1 Å². The minimum atomic E-state index is -0.416. The molecule has 0 aliphatic carbocycles.